The van der Waals surface area contributed by atoms with E-state index >= 15 is 0 Å². The fourth-order valence-electron chi connectivity index (χ4n) is 3.06. The average Bonchev–Trinajstić information content (AvgIpc) is 2.66. The number of carbonyl (C=O) groups is 1. The maximum Gasteiger partial charge on any atom is 0.308 e. The zero-order valence-corrected chi connectivity index (χ0v) is 10.4. The van der Waals surface area contributed by atoms with Gasteiger partial charge in [-0.25, -0.2) is 0 Å². The largest absolute Gasteiger partial charge is 0.466 e. The van der Waals surface area contributed by atoms with Crippen molar-refractivity contribution in [2.24, 2.45) is 0 Å². The van der Waals surface area contributed by atoms with Crippen molar-refractivity contribution in [1.29, 1.82) is 0 Å². The lowest BCUT2D eigenvalue weighted by Crippen LogP contribution is -2.36. The summed E-state index contributed by atoms with van der Waals surface area (Å²) in [7, 11) is 0. The molecule has 0 aromatic rings. The van der Waals surface area contributed by atoms with Crippen LogP contribution >= 0.6 is 0 Å². The van der Waals surface area contributed by atoms with Gasteiger partial charge >= 0.3 is 5.97 Å². The Labute approximate surface area is 100 Å². The molecule has 3 fully saturated rings. The monoisotopic (exact) mass is 242 g/mol. The van der Waals surface area contributed by atoms with Crippen LogP contribution in [-0.2, 0) is 23.7 Å². The molecule has 0 amide bonds. The number of hydrogen-bond acceptors (Lipinski definition) is 5. The van der Waals surface area contributed by atoms with Crippen LogP contribution in [0.15, 0.2) is 0 Å². The summed E-state index contributed by atoms with van der Waals surface area (Å²) in [6.45, 7) is 5.98. The van der Waals surface area contributed by atoms with Crippen LogP contribution in [-0.4, -0.2) is 42.3 Å². The Hall–Kier alpha value is -0.650. The zero-order valence-electron chi connectivity index (χ0n) is 10.4. The number of carbonyl (C=O) groups excluding carboxylic acids is 1. The molecule has 2 aliphatic heterocycles. The molecule has 0 radical (unpaired) electrons. The Balaban J connectivity index is 1.71. The number of epoxide rings is 1. The van der Waals surface area contributed by atoms with Gasteiger partial charge in [0.15, 0.2) is 5.79 Å². The molecule has 17 heavy (non-hydrogen) atoms. The van der Waals surface area contributed by atoms with E-state index in [2.05, 4.69) is 0 Å². The topological polar surface area (TPSA) is 57.3 Å². The smallest absolute Gasteiger partial charge is 0.308 e. The van der Waals surface area contributed by atoms with E-state index < -0.39 is 11.4 Å². The SMILES string of the molecule is CCOC(=O)CC12OC1CC1OC(C)(C)OC12. The molecule has 2 heterocycles. The van der Waals surface area contributed by atoms with Gasteiger partial charge in [-0.05, 0) is 20.8 Å². The predicted molar refractivity (Wildman–Crippen MR) is 57.3 cm³/mol. The van der Waals surface area contributed by atoms with Gasteiger partial charge in [0.05, 0.1) is 25.2 Å². The molecule has 0 spiro atoms. The maximum atomic E-state index is 11.6. The molecule has 0 N–H and O–H groups in total. The molecule has 5 nitrogen and oxygen atoms in total. The fraction of sp³-hybridized carbons (Fsp3) is 0.917. The zero-order chi connectivity index (χ0) is 12.3. The lowest BCUT2D eigenvalue weighted by atomic mass is 10.00. The minimum absolute atomic E-state index is 0.0539. The Morgan fingerprint density at radius 3 is 2.82 bits per heavy atom. The fourth-order valence-corrected chi connectivity index (χ4v) is 3.06. The molecular formula is C12H18O5. The molecule has 1 saturated carbocycles. The predicted octanol–water partition coefficient (Wildman–Crippen LogP) is 1.00. The minimum atomic E-state index is -0.575. The summed E-state index contributed by atoms with van der Waals surface area (Å²) in [6, 6.07) is 0. The van der Waals surface area contributed by atoms with Crippen LogP contribution in [0.25, 0.3) is 0 Å². The second-order valence-electron chi connectivity index (χ2n) is 5.37. The summed E-state index contributed by atoms with van der Waals surface area (Å²) < 4.78 is 22.3. The van der Waals surface area contributed by atoms with Gasteiger partial charge in [-0.15, -0.1) is 0 Å². The normalized spacial score (nSPS) is 45.2. The van der Waals surface area contributed by atoms with Crippen molar-refractivity contribution in [2.75, 3.05) is 6.61 Å². The molecule has 3 aliphatic rings. The number of ether oxygens (including phenoxy) is 4. The Bertz CT molecular complexity index is 353. The molecule has 5 heteroatoms. The highest BCUT2D eigenvalue weighted by atomic mass is 16.8. The summed E-state index contributed by atoms with van der Waals surface area (Å²) in [6.07, 6.45) is 1.10. The van der Waals surface area contributed by atoms with E-state index in [1.54, 1.807) is 6.92 Å². The number of esters is 1. The van der Waals surface area contributed by atoms with Gasteiger partial charge in [0, 0.05) is 6.42 Å². The van der Waals surface area contributed by atoms with Gasteiger partial charge in [-0.2, -0.15) is 0 Å². The van der Waals surface area contributed by atoms with Crippen LogP contribution < -0.4 is 0 Å². The second-order valence-corrected chi connectivity index (χ2v) is 5.37. The number of hydrogen-bond donors (Lipinski definition) is 0. The molecule has 0 aromatic carbocycles. The number of fused-ring (bicyclic) bond motifs is 3. The Morgan fingerprint density at radius 2 is 2.12 bits per heavy atom. The van der Waals surface area contributed by atoms with E-state index in [9.17, 15) is 4.79 Å². The highest BCUT2D eigenvalue weighted by Gasteiger charge is 2.74. The highest BCUT2D eigenvalue weighted by molar-refractivity contribution is 5.72. The summed E-state index contributed by atoms with van der Waals surface area (Å²) >= 11 is 0. The average molecular weight is 242 g/mol. The maximum absolute atomic E-state index is 11.6. The quantitative estimate of drug-likeness (QED) is 0.546. The summed E-state index contributed by atoms with van der Waals surface area (Å²) in [5, 5.41) is 0. The third-order valence-corrected chi connectivity index (χ3v) is 3.69. The van der Waals surface area contributed by atoms with Crippen molar-refractivity contribution >= 4 is 5.97 Å². The van der Waals surface area contributed by atoms with Gasteiger partial charge < -0.3 is 18.9 Å². The third-order valence-electron chi connectivity index (χ3n) is 3.69. The van der Waals surface area contributed by atoms with Crippen molar-refractivity contribution in [2.45, 2.75) is 63.3 Å². The Kier molecular flexibility index (Phi) is 2.31. The van der Waals surface area contributed by atoms with Crippen molar-refractivity contribution in [3.63, 3.8) is 0 Å². The van der Waals surface area contributed by atoms with E-state index in [0.717, 1.165) is 6.42 Å². The summed E-state index contributed by atoms with van der Waals surface area (Å²) in [5.41, 5.74) is -0.481. The molecule has 0 bridgehead atoms. The second kappa shape index (κ2) is 3.43. The van der Waals surface area contributed by atoms with Gasteiger partial charge in [-0.1, -0.05) is 0 Å². The molecule has 4 unspecified atom stereocenters. The molecule has 0 aromatic heterocycles. The van der Waals surface area contributed by atoms with Gasteiger partial charge in [0.2, 0.25) is 0 Å². The van der Waals surface area contributed by atoms with Gasteiger partial charge in [-0.3, -0.25) is 4.79 Å². The van der Waals surface area contributed by atoms with E-state index in [1.807, 2.05) is 13.8 Å². The molecule has 2 saturated heterocycles. The molecule has 3 rings (SSSR count). The summed E-state index contributed by atoms with van der Waals surface area (Å²) in [5.74, 6) is -0.794. The molecule has 4 atom stereocenters. The standard InChI is InChI=1S/C12H18O5/c1-4-14-9(13)6-12-8(16-12)5-7-10(12)17-11(2,3)15-7/h7-8,10H,4-6H2,1-3H3. The van der Waals surface area contributed by atoms with E-state index in [4.69, 9.17) is 18.9 Å². The lowest BCUT2D eigenvalue weighted by molar-refractivity contribution is -0.158. The first-order valence-electron chi connectivity index (χ1n) is 6.16. The Morgan fingerprint density at radius 1 is 1.35 bits per heavy atom. The molecule has 1 aliphatic carbocycles. The van der Waals surface area contributed by atoms with Crippen LogP contribution in [0.5, 0.6) is 0 Å². The third kappa shape index (κ3) is 1.68. The van der Waals surface area contributed by atoms with Crippen LogP contribution in [0.3, 0.4) is 0 Å². The first kappa shape index (κ1) is 11.4. The molecular weight excluding hydrogens is 224 g/mol. The lowest BCUT2D eigenvalue weighted by Gasteiger charge is -2.20. The van der Waals surface area contributed by atoms with Crippen LogP contribution in [0.2, 0.25) is 0 Å². The van der Waals surface area contributed by atoms with Crippen LogP contribution in [0.4, 0.5) is 0 Å². The summed E-state index contributed by atoms with van der Waals surface area (Å²) in [4.78, 5) is 11.6. The highest BCUT2D eigenvalue weighted by Crippen LogP contribution is 2.58. The van der Waals surface area contributed by atoms with E-state index in [-0.39, 0.29) is 30.7 Å². The van der Waals surface area contributed by atoms with Crippen molar-refractivity contribution in [3.05, 3.63) is 0 Å². The van der Waals surface area contributed by atoms with Crippen LogP contribution in [0, 0.1) is 0 Å². The van der Waals surface area contributed by atoms with Crippen molar-refractivity contribution in [3.8, 4) is 0 Å². The minimum Gasteiger partial charge on any atom is -0.466 e. The van der Waals surface area contributed by atoms with Gasteiger partial charge in [0.1, 0.15) is 11.7 Å². The van der Waals surface area contributed by atoms with Crippen LogP contribution in [0.1, 0.15) is 33.6 Å². The van der Waals surface area contributed by atoms with Crippen molar-refractivity contribution < 1.29 is 23.7 Å². The van der Waals surface area contributed by atoms with Gasteiger partial charge in [0.25, 0.3) is 0 Å². The first-order valence-corrected chi connectivity index (χ1v) is 6.16. The molecule has 96 valence electrons. The first-order chi connectivity index (χ1) is 7.97. The van der Waals surface area contributed by atoms with Crippen molar-refractivity contribution in [1.82, 2.24) is 0 Å². The number of rotatable bonds is 3. The van der Waals surface area contributed by atoms with E-state index in [0.29, 0.717) is 6.61 Å². The van der Waals surface area contributed by atoms with E-state index in [1.165, 1.54) is 0 Å².